The largest absolute Gasteiger partial charge is 0.507 e. The second-order valence-corrected chi connectivity index (χ2v) is 5.94. The van der Waals surface area contributed by atoms with Gasteiger partial charge in [-0.2, -0.15) is 0 Å². The Bertz CT molecular complexity index is 421. The lowest BCUT2D eigenvalue weighted by Gasteiger charge is -2.36. The summed E-state index contributed by atoms with van der Waals surface area (Å²) in [6, 6.07) is 6.45. The van der Waals surface area contributed by atoms with Gasteiger partial charge in [-0.25, -0.2) is 0 Å². The molecule has 0 spiro atoms. The monoisotopic (exact) mass is 334 g/mol. The van der Waals surface area contributed by atoms with Crippen LogP contribution in [0.4, 0.5) is 0 Å². The molecule has 0 aliphatic carbocycles. The molecule has 0 saturated carbocycles. The Labute approximate surface area is 140 Å². The number of benzene rings is 1. The van der Waals surface area contributed by atoms with Gasteiger partial charge in [0.25, 0.3) is 0 Å². The van der Waals surface area contributed by atoms with Crippen LogP contribution < -0.4 is 5.32 Å². The maximum Gasteiger partial charge on any atom is 0.123 e. The molecule has 21 heavy (non-hydrogen) atoms. The van der Waals surface area contributed by atoms with E-state index in [9.17, 15) is 5.11 Å². The van der Waals surface area contributed by atoms with Crippen molar-refractivity contribution in [2.24, 2.45) is 5.92 Å². The van der Waals surface area contributed by atoms with Gasteiger partial charge in [0.05, 0.1) is 0 Å². The minimum Gasteiger partial charge on any atom is -0.507 e. The summed E-state index contributed by atoms with van der Waals surface area (Å²) < 4.78 is 0. The van der Waals surface area contributed by atoms with Gasteiger partial charge in [-0.1, -0.05) is 32.0 Å². The van der Waals surface area contributed by atoms with Gasteiger partial charge in [-0.3, -0.25) is 4.90 Å². The number of para-hydroxylation sites is 1. The highest BCUT2D eigenvalue weighted by Gasteiger charge is 2.25. The quantitative estimate of drug-likeness (QED) is 0.883. The van der Waals surface area contributed by atoms with Crippen LogP contribution in [0.25, 0.3) is 0 Å². The van der Waals surface area contributed by atoms with Crippen LogP contribution in [0.15, 0.2) is 18.2 Å². The number of rotatable bonds is 4. The summed E-state index contributed by atoms with van der Waals surface area (Å²) in [6.45, 7) is 10.7. The molecule has 0 radical (unpaired) electrons. The summed E-state index contributed by atoms with van der Waals surface area (Å²) in [5.74, 6) is 1.10. The SMILES string of the molecule is Cc1cccc([C@H](CC(C)C)N2CCNCC2)c1O.Cl.Cl. The van der Waals surface area contributed by atoms with Crippen molar-refractivity contribution in [2.45, 2.75) is 33.2 Å². The molecule has 0 unspecified atom stereocenters. The maximum atomic E-state index is 10.4. The van der Waals surface area contributed by atoms with E-state index in [4.69, 9.17) is 0 Å². The zero-order valence-electron chi connectivity index (χ0n) is 13.1. The molecule has 1 heterocycles. The zero-order valence-corrected chi connectivity index (χ0v) is 14.8. The van der Waals surface area contributed by atoms with Gasteiger partial charge in [0.2, 0.25) is 0 Å². The molecule has 3 nitrogen and oxygen atoms in total. The number of hydrogen-bond acceptors (Lipinski definition) is 3. The number of aromatic hydroxyl groups is 1. The number of phenolic OH excluding ortho intramolecular Hbond substituents is 1. The van der Waals surface area contributed by atoms with Gasteiger partial charge in [-0.05, 0) is 24.8 Å². The lowest BCUT2D eigenvalue weighted by molar-refractivity contribution is 0.151. The van der Waals surface area contributed by atoms with Gasteiger partial charge >= 0.3 is 0 Å². The van der Waals surface area contributed by atoms with Crippen molar-refractivity contribution in [2.75, 3.05) is 26.2 Å². The summed E-state index contributed by atoms with van der Waals surface area (Å²) in [5.41, 5.74) is 2.07. The first-order valence-electron chi connectivity index (χ1n) is 7.33. The molecule has 122 valence electrons. The van der Waals surface area contributed by atoms with Crippen LogP contribution in [0.2, 0.25) is 0 Å². The Balaban J connectivity index is 0.00000200. The van der Waals surface area contributed by atoms with E-state index in [2.05, 4.69) is 36.2 Å². The van der Waals surface area contributed by atoms with E-state index in [-0.39, 0.29) is 24.8 Å². The van der Waals surface area contributed by atoms with E-state index >= 15 is 0 Å². The van der Waals surface area contributed by atoms with Crippen LogP contribution in [-0.2, 0) is 0 Å². The van der Waals surface area contributed by atoms with E-state index < -0.39 is 0 Å². The topological polar surface area (TPSA) is 35.5 Å². The fourth-order valence-corrected chi connectivity index (χ4v) is 2.86. The third kappa shape index (κ3) is 5.33. The van der Waals surface area contributed by atoms with Crippen LogP contribution in [0.1, 0.15) is 37.4 Å². The molecule has 0 bridgehead atoms. The van der Waals surface area contributed by atoms with E-state index in [1.54, 1.807) is 0 Å². The van der Waals surface area contributed by atoms with Crippen molar-refractivity contribution in [3.05, 3.63) is 29.3 Å². The van der Waals surface area contributed by atoms with Crippen LogP contribution in [-0.4, -0.2) is 36.2 Å². The van der Waals surface area contributed by atoms with E-state index in [1.165, 1.54) is 0 Å². The third-order valence-corrected chi connectivity index (χ3v) is 3.91. The second-order valence-electron chi connectivity index (χ2n) is 5.94. The van der Waals surface area contributed by atoms with Gasteiger partial charge in [-0.15, -0.1) is 24.8 Å². The average Bonchev–Trinajstić information content (AvgIpc) is 2.40. The molecule has 1 aromatic rings. The predicted octanol–water partition coefficient (Wildman–Crippen LogP) is 3.54. The van der Waals surface area contributed by atoms with Gasteiger partial charge in [0.1, 0.15) is 5.75 Å². The minimum atomic E-state index is 0. The Morgan fingerprint density at radius 1 is 1.19 bits per heavy atom. The first kappa shape index (κ1) is 20.5. The second kappa shape index (κ2) is 9.52. The third-order valence-electron chi connectivity index (χ3n) is 3.91. The Morgan fingerprint density at radius 3 is 2.38 bits per heavy atom. The molecular weight excluding hydrogens is 307 g/mol. The summed E-state index contributed by atoms with van der Waals surface area (Å²) in [5, 5.41) is 13.8. The Hall–Kier alpha value is -0.480. The molecule has 1 atom stereocenters. The summed E-state index contributed by atoms with van der Waals surface area (Å²) in [6.07, 6.45) is 1.09. The van der Waals surface area contributed by atoms with Crippen molar-refractivity contribution >= 4 is 24.8 Å². The molecule has 1 aliphatic heterocycles. The Kier molecular flexibility index (Phi) is 9.30. The van der Waals surface area contributed by atoms with Gasteiger partial charge in [0.15, 0.2) is 0 Å². The molecule has 0 amide bonds. The molecule has 1 fully saturated rings. The van der Waals surface area contributed by atoms with Crippen LogP contribution in [0.3, 0.4) is 0 Å². The molecule has 1 saturated heterocycles. The molecule has 2 N–H and O–H groups in total. The Morgan fingerprint density at radius 2 is 1.81 bits per heavy atom. The highest BCUT2D eigenvalue weighted by molar-refractivity contribution is 5.85. The number of nitrogens with one attached hydrogen (secondary N) is 1. The van der Waals surface area contributed by atoms with Gasteiger partial charge in [0, 0.05) is 37.8 Å². The number of aryl methyl sites for hydroxylation is 1. The molecule has 2 rings (SSSR count). The number of hydrogen-bond donors (Lipinski definition) is 2. The summed E-state index contributed by atoms with van der Waals surface area (Å²) in [7, 11) is 0. The lowest BCUT2D eigenvalue weighted by Crippen LogP contribution is -2.45. The highest BCUT2D eigenvalue weighted by Crippen LogP contribution is 2.35. The molecular formula is C16H28Cl2N2O. The van der Waals surface area contributed by atoms with E-state index in [1.807, 2.05) is 13.0 Å². The molecule has 0 aromatic heterocycles. The number of halogens is 2. The fourth-order valence-electron chi connectivity index (χ4n) is 2.86. The van der Waals surface area contributed by atoms with Gasteiger partial charge < -0.3 is 10.4 Å². The van der Waals surface area contributed by atoms with Crippen LogP contribution >= 0.6 is 24.8 Å². The van der Waals surface area contributed by atoms with Crippen molar-refractivity contribution in [1.82, 2.24) is 10.2 Å². The number of piperazine rings is 1. The normalized spacial score (nSPS) is 17.0. The van der Waals surface area contributed by atoms with E-state index in [0.717, 1.165) is 43.7 Å². The number of nitrogens with zero attached hydrogens (tertiary/aromatic N) is 1. The van der Waals surface area contributed by atoms with Crippen molar-refractivity contribution in [3.8, 4) is 5.75 Å². The van der Waals surface area contributed by atoms with E-state index in [0.29, 0.717) is 17.7 Å². The average molecular weight is 335 g/mol. The maximum absolute atomic E-state index is 10.4. The predicted molar refractivity (Wildman–Crippen MR) is 94.0 cm³/mol. The molecule has 1 aliphatic rings. The van der Waals surface area contributed by atoms with Crippen LogP contribution in [0.5, 0.6) is 5.75 Å². The lowest BCUT2D eigenvalue weighted by atomic mass is 9.93. The van der Waals surface area contributed by atoms with Crippen LogP contribution in [0, 0.1) is 12.8 Å². The molecule has 1 aromatic carbocycles. The minimum absolute atomic E-state index is 0. The summed E-state index contributed by atoms with van der Waals surface area (Å²) >= 11 is 0. The number of phenols is 1. The first-order valence-corrected chi connectivity index (χ1v) is 7.33. The summed E-state index contributed by atoms with van der Waals surface area (Å²) in [4.78, 5) is 2.50. The standard InChI is InChI=1S/C16H26N2O.2ClH/c1-12(2)11-15(18-9-7-17-8-10-18)14-6-4-5-13(3)16(14)19;;/h4-6,12,15,17,19H,7-11H2,1-3H3;2*1H/t15-;;/m0../s1. The fraction of sp³-hybridized carbons (Fsp3) is 0.625. The highest BCUT2D eigenvalue weighted by atomic mass is 35.5. The zero-order chi connectivity index (χ0) is 13.8. The molecule has 5 heteroatoms. The smallest absolute Gasteiger partial charge is 0.123 e. The van der Waals surface area contributed by atoms with Crippen molar-refractivity contribution < 1.29 is 5.11 Å². The first-order chi connectivity index (χ1) is 9.09. The van der Waals surface area contributed by atoms with Crippen molar-refractivity contribution in [3.63, 3.8) is 0 Å². The van der Waals surface area contributed by atoms with Crippen molar-refractivity contribution in [1.29, 1.82) is 0 Å².